The van der Waals surface area contributed by atoms with Gasteiger partial charge in [0.25, 0.3) is 10.0 Å². The van der Waals surface area contributed by atoms with Crippen molar-refractivity contribution >= 4 is 33.0 Å². The van der Waals surface area contributed by atoms with Crippen molar-refractivity contribution in [2.45, 2.75) is 11.8 Å². The average Bonchev–Trinajstić information content (AvgIpc) is 2.40. The summed E-state index contributed by atoms with van der Waals surface area (Å²) >= 11 is 4.72. The molecule has 2 rings (SSSR count). The van der Waals surface area contributed by atoms with Crippen LogP contribution >= 0.6 is 12.2 Å². The van der Waals surface area contributed by atoms with Crippen molar-refractivity contribution < 1.29 is 12.8 Å². The summed E-state index contributed by atoms with van der Waals surface area (Å²) in [5.74, 6) is -0.666. The highest BCUT2D eigenvalue weighted by Crippen LogP contribution is 2.21. The van der Waals surface area contributed by atoms with Gasteiger partial charge in [0.15, 0.2) is 0 Å². The lowest BCUT2D eigenvalue weighted by molar-refractivity contribution is 0.594. The number of nitrogens with one attached hydrogen (secondary N) is 1. The zero-order valence-electron chi connectivity index (χ0n) is 11.0. The van der Waals surface area contributed by atoms with Crippen LogP contribution in [0.4, 0.5) is 10.2 Å². The summed E-state index contributed by atoms with van der Waals surface area (Å²) in [5, 5.41) is 0. The van der Waals surface area contributed by atoms with Crippen molar-refractivity contribution in [3.8, 4) is 0 Å². The molecule has 0 amide bonds. The minimum absolute atomic E-state index is 0.124. The van der Waals surface area contributed by atoms with E-state index >= 15 is 0 Å². The summed E-state index contributed by atoms with van der Waals surface area (Å²) in [6.45, 7) is 1.82. The van der Waals surface area contributed by atoms with Crippen LogP contribution in [0.5, 0.6) is 0 Å². The fraction of sp³-hybridized carbons (Fsp3) is 0.0769. The zero-order valence-corrected chi connectivity index (χ0v) is 12.6. The third kappa shape index (κ3) is 3.34. The summed E-state index contributed by atoms with van der Waals surface area (Å²) < 4.78 is 40.7. The first-order valence-corrected chi connectivity index (χ1v) is 7.74. The summed E-state index contributed by atoms with van der Waals surface area (Å²) in [4.78, 5) is 3.29. The number of rotatable bonds is 4. The largest absolute Gasteiger partial charge is 0.389 e. The Bertz CT molecular complexity index is 790. The van der Waals surface area contributed by atoms with Crippen LogP contribution in [0.15, 0.2) is 41.4 Å². The molecule has 8 heteroatoms. The molecule has 21 heavy (non-hydrogen) atoms. The lowest BCUT2D eigenvalue weighted by Gasteiger charge is -2.11. The number of benzene rings is 1. The molecule has 0 aliphatic carbocycles. The van der Waals surface area contributed by atoms with Gasteiger partial charge in [-0.25, -0.2) is 17.8 Å². The first kappa shape index (κ1) is 15.3. The topological polar surface area (TPSA) is 85.1 Å². The highest BCUT2D eigenvalue weighted by atomic mass is 32.2. The van der Waals surface area contributed by atoms with Crippen molar-refractivity contribution in [3.05, 3.63) is 53.5 Å². The van der Waals surface area contributed by atoms with E-state index in [2.05, 4.69) is 9.71 Å². The molecule has 0 aliphatic heterocycles. The number of anilines is 1. The molecule has 0 bridgehead atoms. The Morgan fingerprint density at radius 1 is 1.33 bits per heavy atom. The van der Waals surface area contributed by atoms with Gasteiger partial charge in [0.05, 0.1) is 5.56 Å². The molecule has 0 saturated heterocycles. The molecule has 0 atom stereocenters. The number of hydrogen-bond donors (Lipinski definition) is 2. The van der Waals surface area contributed by atoms with Crippen molar-refractivity contribution in [1.82, 2.24) is 4.98 Å². The molecule has 2 aromatic rings. The number of aryl methyl sites for hydroxylation is 1. The van der Waals surface area contributed by atoms with Gasteiger partial charge in [-0.3, -0.25) is 4.72 Å². The smallest absolute Gasteiger partial charge is 0.263 e. The lowest BCUT2D eigenvalue weighted by atomic mass is 10.2. The van der Waals surface area contributed by atoms with Crippen molar-refractivity contribution in [1.29, 1.82) is 0 Å². The number of sulfonamides is 1. The fourth-order valence-corrected chi connectivity index (χ4v) is 3.20. The molecule has 1 aromatic carbocycles. The van der Waals surface area contributed by atoms with Gasteiger partial charge in [0.2, 0.25) is 0 Å². The third-order valence-corrected chi connectivity index (χ3v) is 4.26. The summed E-state index contributed by atoms with van der Waals surface area (Å²) in [7, 11) is -4.04. The predicted octanol–water partition coefficient (Wildman–Crippen LogP) is 1.96. The summed E-state index contributed by atoms with van der Waals surface area (Å²) in [6, 6.07) is 6.80. The normalized spacial score (nSPS) is 11.1. The minimum atomic E-state index is -4.04. The van der Waals surface area contributed by atoms with E-state index in [0.717, 1.165) is 11.6 Å². The molecule has 0 radical (unpaired) electrons. The van der Waals surface area contributed by atoms with Crippen LogP contribution in [0.3, 0.4) is 0 Å². The number of hydrogen-bond acceptors (Lipinski definition) is 4. The molecule has 0 spiro atoms. The molecule has 0 saturated carbocycles. The number of nitrogens with two attached hydrogens (primary N) is 1. The first-order chi connectivity index (χ1) is 9.81. The second-order valence-electron chi connectivity index (χ2n) is 4.30. The maximum absolute atomic E-state index is 13.7. The molecule has 110 valence electrons. The molecular formula is C13H12FN3O2S2. The Balaban J connectivity index is 2.47. The van der Waals surface area contributed by atoms with Crippen molar-refractivity contribution in [2.75, 3.05) is 4.72 Å². The number of pyridine rings is 1. The Kier molecular flexibility index (Phi) is 4.19. The Labute approximate surface area is 127 Å². The molecular weight excluding hydrogens is 313 g/mol. The average molecular weight is 325 g/mol. The molecule has 3 N–H and O–H groups in total. The monoisotopic (exact) mass is 325 g/mol. The van der Waals surface area contributed by atoms with E-state index in [-0.39, 0.29) is 21.3 Å². The second-order valence-corrected chi connectivity index (χ2v) is 6.39. The van der Waals surface area contributed by atoms with Crippen LogP contribution in [-0.2, 0) is 10.0 Å². The van der Waals surface area contributed by atoms with Crippen molar-refractivity contribution in [2.24, 2.45) is 5.73 Å². The van der Waals surface area contributed by atoms with E-state index in [1.54, 1.807) is 6.07 Å². The van der Waals surface area contributed by atoms with Gasteiger partial charge in [-0.05, 0) is 30.7 Å². The lowest BCUT2D eigenvalue weighted by Crippen LogP contribution is -2.21. The first-order valence-electron chi connectivity index (χ1n) is 5.85. The molecule has 0 aliphatic rings. The predicted molar refractivity (Wildman–Crippen MR) is 82.1 cm³/mol. The van der Waals surface area contributed by atoms with E-state index < -0.39 is 15.8 Å². The van der Waals surface area contributed by atoms with Gasteiger partial charge in [-0.2, -0.15) is 0 Å². The third-order valence-electron chi connectivity index (χ3n) is 2.66. The van der Waals surface area contributed by atoms with Gasteiger partial charge in [-0.15, -0.1) is 0 Å². The van der Waals surface area contributed by atoms with E-state index in [9.17, 15) is 12.8 Å². The van der Waals surface area contributed by atoms with Crippen LogP contribution < -0.4 is 10.5 Å². The van der Waals surface area contributed by atoms with Crippen LogP contribution in [0.25, 0.3) is 0 Å². The van der Waals surface area contributed by atoms with Crippen LogP contribution in [0.2, 0.25) is 0 Å². The van der Waals surface area contributed by atoms with Gasteiger partial charge < -0.3 is 5.73 Å². The summed E-state index contributed by atoms with van der Waals surface area (Å²) in [6.07, 6.45) is 1.51. The minimum Gasteiger partial charge on any atom is -0.389 e. The standard InChI is InChI=1S/C13H12FN3O2S2/c1-8-5-6-11(16-7-8)17-21(18,19)10-4-2-3-9(14)12(10)13(15)20/h2-7H,1H3,(H2,15,20)(H,16,17). The Hall–Kier alpha value is -2.06. The van der Waals surface area contributed by atoms with Gasteiger partial charge in [0.1, 0.15) is 21.5 Å². The van der Waals surface area contributed by atoms with E-state index in [0.29, 0.717) is 0 Å². The zero-order chi connectivity index (χ0) is 15.6. The van der Waals surface area contributed by atoms with Gasteiger partial charge in [-0.1, -0.05) is 24.4 Å². The Morgan fingerprint density at radius 3 is 2.62 bits per heavy atom. The number of aromatic nitrogens is 1. The van der Waals surface area contributed by atoms with Crippen LogP contribution in [0.1, 0.15) is 11.1 Å². The highest BCUT2D eigenvalue weighted by Gasteiger charge is 2.23. The molecule has 0 fully saturated rings. The SMILES string of the molecule is Cc1ccc(NS(=O)(=O)c2cccc(F)c2C(N)=S)nc1. The molecule has 1 aromatic heterocycles. The molecule has 5 nitrogen and oxygen atoms in total. The second kappa shape index (κ2) is 5.74. The molecule has 0 unspecified atom stereocenters. The van der Waals surface area contributed by atoms with Crippen LogP contribution in [-0.4, -0.2) is 18.4 Å². The van der Waals surface area contributed by atoms with Crippen LogP contribution in [0, 0.1) is 12.7 Å². The quantitative estimate of drug-likeness (QED) is 0.840. The number of nitrogens with zero attached hydrogens (tertiary/aromatic N) is 1. The number of halogens is 1. The highest BCUT2D eigenvalue weighted by molar-refractivity contribution is 7.93. The van der Waals surface area contributed by atoms with E-state index in [1.807, 2.05) is 6.92 Å². The van der Waals surface area contributed by atoms with E-state index in [1.165, 1.54) is 24.4 Å². The Morgan fingerprint density at radius 2 is 2.05 bits per heavy atom. The van der Waals surface area contributed by atoms with Crippen molar-refractivity contribution in [3.63, 3.8) is 0 Å². The molecule has 1 heterocycles. The van der Waals surface area contributed by atoms with E-state index in [4.69, 9.17) is 18.0 Å². The maximum Gasteiger partial charge on any atom is 0.263 e. The summed E-state index contributed by atoms with van der Waals surface area (Å²) in [5.41, 5.74) is 5.98. The van der Waals surface area contributed by atoms with Gasteiger partial charge >= 0.3 is 0 Å². The fourth-order valence-electron chi connectivity index (χ4n) is 1.69. The van der Waals surface area contributed by atoms with Gasteiger partial charge in [0, 0.05) is 6.20 Å². The number of thiocarbonyl (C=S) groups is 1. The maximum atomic E-state index is 13.7.